The van der Waals surface area contributed by atoms with Crippen LogP contribution >= 0.6 is 0 Å². The van der Waals surface area contributed by atoms with Crippen molar-refractivity contribution >= 4 is 11.7 Å². The Morgan fingerprint density at radius 2 is 2.09 bits per heavy atom. The van der Waals surface area contributed by atoms with Crippen LogP contribution in [0.2, 0.25) is 0 Å². The highest BCUT2D eigenvalue weighted by Gasteiger charge is 2.26. The van der Waals surface area contributed by atoms with Gasteiger partial charge in [0.1, 0.15) is 0 Å². The van der Waals surface area contributed by atoms with Crippen LogP contribution in [0.15, 0.2) is 18.3 Å². The van der Waals surface area contributed by atoms with Gasteiger partial charge in [-0.3, -0.25) is 9.88 Å². The third kappa shape index (κ3) is 5.80. The Morgan fingerprint density at radius 1 is 1.39 bits per heavy atom. The van der Waals surface area contributed by atoms with E-state index in [4.69, 9.17) is 4.74 Å². The fourth-order valence-corrected chi connectivity index (χ4v) is 2.89. The van der Waals surface area contributed by atoms with Crippen LogP contribution in [0.4, 0.5) is 10.5 Å². The molecule has 1 N–H and O–H groups in total. The highest BCUT2D eigenvalue weighted by molar-refractivity contribution is 5.88. The molecule has 1 aliphatic rings. The molecule has 0 atom stereocenters. The van der Waals surface area contributed by atoms with Crippen molar-refractivity contribution < 1.29 is 9.53 Å². The minimum absolute atomic E-state index is 0.0228. The van der Waals surface area contributed by atoms with Crippen molar-refractivity contribution in [2.75, 3.05) is 51.8 Å². The maximum Gasteiger partial charge on any atom is 0.321 e. The van der Waals surface area contributed by atoms with Gasteiger partial charge in [-0.25, -0.2) is 4.79 Å². The summed E-state index contributed by atoms with van der Waals surface area (Å²) >= 11 is 0. The zero-order valence-electron chi connectivity index (χ0n) is 14.6. The molecule has 2 heterocycles. The van der Waals surface area contributed by atoms with E-state index < -0.39 is 0 Å². The lowest BCUT2D eigenvalue weighted by molar-refractivity contribution is 0.0182. The van der Waals surface area contributed by atoms with Crippen LogP contribution in [0.1, 0.15) is 19.5 Å². The highest BCUT2D eigenvalue weighted by atomic mass is 16.5. The monoisotopic (exact) mass is 320 g/mol. The van der Waals surface area contributed by atoms with E-state index in [9.17, 15) is 4.79 Å². The summed E-state index contributed by atoms with van der Waals surface area (Å²) in [6.07, 6.45) is 1.68. The lowest BCUT2D eigenvalue weighted by Gasteiger charge is -2.37. The normalized spacial score (nSPS) is 16.2. The molecule has 1 aromatic heterocycles. The van der Waals surface area contributed by atoms with E-state index in [-0.39, 0.29) is 11.4 Å². The topological polar surface area (TPSA) is 57.7 Å². The number of rotatable bonds is 5. The molecule has 6 nitrogen and oxygen atoms in total. The predicted octanol–water partition coefficient (Wildman–Crippen LogP) is 2.21. The number of hydrogen-bond donors (Lipinski definition) is 1. The molecule has 0 aromatic carbocycles. The van der Waals surface area contributed by atoms with Crippen LogP contribution in [-0.2, 0) is 4.74 Å². The first-order chi connectivity index (χ1) is 10.9. The number of aryl methyl sites for hydroxylation is 1. The van der Waals surface area contributed by atoms with E-state index in [1.54, 1.807) is 11.1 Å². The Morgan fingerprint density at radius 3 is 2.70 bits per heavy atom. The van der Waals surface area contributed by atoms with Crippen molar-refractivity contribution in [3.8, 4) is 0 Å². The molecule has 2 amide bonds. The van der Waals surface area contributed by atoms with E-state index in [2.05, 4.69) is 29.0 Å². The molecule has 0 saturated carbocycles. The van der Waals surface area contributed by atoms with Crippen LogP contribution in [0.25, 0.3) is 0 Å². The van der Waals surface area contributed by atoms with E-state index in [1.165, 1.54) is 0 Å². The Hall–Kier alpha value is -1.66. The third-order valence-electron chi connectivity index (χ3n) is 3.93. The Balaban J connectivity index is 1.84. The first-order valence-electron chi connectivity index (χ1n) is 8.11. The largest absolute Gasteiger partial charge is 0.379 e. The molecular formula is C17H28N4O2. The van der Waals surface area contributed by atoms with Gasteiger partial charge in [-0.1, -0.05) is 13.8 Å². The number of pyridine rings is 1. The Kier molecular flexibility index (Phi) is 5.96. The van der Waals surface area contributed by atoms with E-state index in [1.807, 2.05) is 26.1 Å². The Bertz CT molecular complexity index is 510. The van der Waals surface area contributed by atoms with Crippen molar-refractivity contribution in [2.24, 2.45) is 5.41 Å². The lowest BCUT2D eigenvalue weighted by Crippen LogP contribution is -2.47. The van der Waals surface area contributed by atoms with Gasteiger partial charge in [-0.05, 0) is 24.5 Å². The average molecular weight is 320 g/mol. The molecule has 128 valence electrons. The number of carbonyl (C=O) groups is 1. The SMILES string of the molecule is Cc1ccc(NC(=O)N(C)CC(C)(C)CN2CCOCC2)cn1. The summed E-state index contributed by atoms with van der Waals surface area (Å²) in [6.45, 7) is 11.5. The van der Waals surface area contributed by atoms with E-state index in [0.29, 0.717) is 6.54 Å². The second kappa shape index (κ2) is 7.75. The van der Waals surface area contributed by atoms with Crippen molar-refractivity contribution in [3.63, 3.8) is 0 Å². The van der Waals surface area contributed by atoms with Gasteiger partial charge in [0.2, 0.25) is 0 Å². The van der Waals surface area contributed by atoms with Crippen molar-refractivity contribution in [1.29, 1.82) is 0 Å². The second-order valence-electron chi connectivity index (χ2n) is 7.03. The maximum atomic E-state index is 12.3. The minimum atomic E-state index is -0.106. The lowest BCUT2D eigenvalue weighted by atomic mass is 9.92. The van der Waals surface area contributed by atoms with Crippen molar-refractivity contribution in [3.05, 3.63) is 24.0 Å². The average Bonchev–Trinajstić information content (AvgIpc) is 2.49. The number of aromatic nitrogens is 1. The number of ether oxygens (including phenoxy) is 1. The number of urea groups is 1. The zero-order valence-corrected chi connectivity index (χ0v) is 14.6. The van der Waals surface area contributed by atoms with E-state index >= 15 is 0 Å². The quantitative estimate of drug-likeness (QED) is 0.904. The number of carbonyl (C=O) groups excluding carboxylic acids is 1. The molecule has 2 rings (SSSR count). The third-order valence-corrected chi connectivity index (χ3v) is 3.93. The summed E-state index contributed by atoms with van der Waals surface area (Å²) in [5.41, 5.74) is 1.68. The summed E-state index contributed by atoms with van der Waals surface area (Å²) in [6, 6.07) is 3.65. The molecular weight excluding hydrogens is 292 g/mol. The fraction of sp³-hybridized carbons (Fsp3) is 0.647. The molecule has 23 heavy (non-hydrogen) atoms. The number of nitrogens with one attached hydrogen (secondary N) is 1. The smallest absolute Gasteiger partial charge is 0.321 e. The first-order valence-corrected chi connectivity index (χ1v) is 8.11. The standard InChI is InChI=1S/C17H28N4O2/c1-14-5-6-15(11-18-14)19-16(22)20(4)12-17(2,3)13-21-7-9-23-10-8-21/h5-6,11H,7-10,12-13H2,1-4H3,(H,19,22). The molecule has 0 aliphatic carbocycles. The van der Waals surface area contributed by atoms with Crippen LogP contribution in [0.5, 0.6) is 0 Å². The molecule has 0 bridgehead atoms. The van der Waals surface area contributed by atoms with E-state index in [0.717, 1.165) is 44.2 Å². The van der Waals surface area contributed by atoms with Gasteiger partial charge in [-0.15, -0.1) is 0 Å². The number of hydrogen-bond acceptors (Lipinski definition) is 4. The molecule has 0 radical (unpaired) electrons. The molecule has 1 fully saturated rings. The number of amides is 2. The van der Waals surface area contributed by atoms with Crippen molar-refractivity contribution in [2.45, 2.75) is 20.8 Å². The van der Waals surface area contributed by atoms with Gasteiger partial charge in [0.05, 0.1) is 25.1 Å². The Labute approximate surface area is 138 Å². The van der Waals surface area contributed by atoms with Gasteiger partial charge in [-0.2, -0.15) is 0 Å². The predicted molar refractivity (Wildman–Crippen MR) is 91.7 cm³/mol. The van der Waals surface area contributed by atoms with Gasteiger partial charge < -0.3 is 15.0 Å². The van der Waals surface area contributed by atoms with Crippen LogP contribution in [-0.4, -0.2) is 67.3 Å². The van der Waals surface area contributed by atoms with Gasteiger partial charge in [0.15, 0.2) is 0 Å². The van der Waals surface area contributed by atoms with Gasteiger partial charge in [0, 0.05) is 38.9 Å². The number of anilines is 1. The highest BCUT2D eigenvalue weighted by Crippen LogP contribution is 2.19. The molecule has 1 aromatic rings. The summed E-state index contributed by atoms with van der Waals surface area (Å²) in [5.74, 6) is 0. The maximum absolute atomic E-state index is 12.3. The summed E-state index contributed by atoms with van der Waals surface area (Å²) in [5, 5.41) is 2.89. The fourth-order valence-electron chi connectivity index (χ4n) is 2.89. The van der Waals surface area contributed by atoms with Gasteiger partial charge >= 0.3 is 6.03 Å². The number of morpholine rings is 1. The summed E-state index contributed by atoms with van der Waals surface area (Å²) in [4.78, 5) is 20.7. The van der Waals surface area contributed by atoms with Crippen LogP contribution in [0, 0.1) is 12.3 Å². The van der Waals surface area contributed by atoms with Crippen LogP contribution in [0.3, 0.4) is 0 Å². The molecule has 1 aliphatic heterocycles. The van der Waals surface area contributed by atoms with Crippen molar-refractivity contribution in [1.82, 2.24) is 14.8 Å². The summed E-state index contributed by atoms with van der Waals surface area (Å²) in [7, 11) is 1.83. The van der Waals surface area contributed by atoms with Crippen LogP contribution < -0.4 is 5.32 Å². The molecule has 0 unspecified atom stereocenters. The number of nitrogens with zero attached hydrogens (tertiary/aromatic N) is 3. The van der Waals surface area contributed by atoms with Gasteiger partial charge in [0.25, 0.3) is 0 Å². The second-order valence-corrected chi connectivity index (χ2v) is 7.03. The zero-order chi connectivity index (χ0) is 16.9. The molecule has 0 spiro atoms. The summed E-state index contributed by atoms with van der Waals surface area (Å²) < 4.78 is 5.39. The minimum Gasteiger partial charge on any atom is -0.379 e. The first kappa shape index (κ1) is 17.7. The molecule has 1 saturated heterocycles. The molecule has 6 heteroatoms.